The van der Waals surface area contributed by atoms with Gasteiger partial charge >= 0.3 is 13.2 Å². The third-order valence-electron chi connectivity index (χ3n) is 4.05. The molecule has 122 valence electrons. The summed E-state index contributed by atoms with van der Waals surface area (Å²) in [6.07, 6.45) is 0.603. The van der Waals surface area contributed by atoms with E-state index < -0.39 is 30.0 Å². The summed E-state index contributed by atoms with van der Waals surface area (Å²) in [5.74, 6) is 0. The van der Waals surface area contributed by atoms with Gasteiger partial charge < -0.3 is 14.4 Å². The van der Waals surface area contributed by atoms with Crippen LogP contribution in [0.15, 0.2) is 6.20 Å². The van der Waals surface area contributed by atoms with Crippen molar-refractivity contribution in [2.75, 3.05) is 4.90 Å². The first-order valence-corrected chi connectivity index (χ1v) is 8.01. The van der Waals surface area contributed by atoms with Crippen LogP contribution in [0.3, 0.4) is 0 Å². The van der Waals surface area contributed by atoms with Gasteiger partial charge in [-0.25, -0.2) is 14.7 Å². The Morgan fingerprint density at radius 3 is 2.18 bits per heavy atom. The van der Waals surface area contributed by atoms with Crippen molar-refractivity contribution >= 4 is 34.5 Å². The minimum Gasteiger partial charge on any atom is -0.465 e. The SMILES string of the molecule is CC(C)(C)N(C(=O)O)c1ncc(B2OC(C)(C)C(C)(C)O2)s1. The zero-order chi connectivity index (χ0) is 16.9. The second kappa shape index (κ2) is 5.21. The highest BCUT2D eigenvalue weighted by molar-refractivity contribution is 7.25. The topological polar surface area (TPSA) is 71.9 Å². The van der Waals surface area contributed by atoms with E-state index in [0.717, 1.165) is 4.78 Å². The van der Waals surface area contributed by atoms with Gasteiger partial charge in [-0.1, -0.05) is 0 Å². The normalized spacial score (nSPS) is 20.2. The van der Waals surface area contributed by atoms with Crippen LogP contribution in [0.4, 0.5) is 9.93 Å². The predicted molar refractivity (Wildman–Crippen MR) is 88.1 cm³/mol. The van der Waals surface area contributed by atoms with Crippen molar-refractivity contribution < 1.29 is 19.2 Å². The fourth-order valence-corrected chi connectivity index (χ4v) is 3.16. The molecule has 0 unspecified atom stereocenters. The van der Waals surface area contributed by atoms with E-state index in [0.29, 0.717) is 5.13 Å². The number of amides is 1. The van der Waals surface area contributed by atoms with Crippen LogP contribution in [-0.4, -0.2) is 40.0 Å². The zero-order valence-electron chi connectivity index (χ0n) is 14.1. The first-order chi connectivity index (χ1) is 9.85. The van der Waals surface area contributed by atoms with Crippen LogP contribution in [0, 0.1) is 0 Å². The quantitative estimate of drug-likeness (QED) is 0.846. The molecule has 0 saturated carbocycles. The lowest BCUT2D eigenvalue weighted by atomic mass is 9.89. The summed E-state index contributed by atoms with van der Waals surface area (Å²) >= 11 is 1.28. The van der Waals surface area contributed by atoms with Crippen LogP contribution in [0.25, 0.3) is 0 Å². The molecule has 0 radical (unpaired) electrons. The molecule has 1 aromatic rings. The van der Waals surface area contributed by atoms with Crippen LogP contribution >= 0.6 is 11.3 Å². The van der Waals surface area contributed by atoms with Gasteiger partial charge in [-0.15, -0.1) is 11.3 Å². The third-order valence-corrected chi connectivity index (χ3v) is 5.05. The van der Waals surface area contributed by atoms with E-state index in [-0.39, 0.29) is 0 Å². The number of nitrogens with zero attached hydrogens (tertiary/aromatic N) is 2. The molecule has 1 aliphatic rings. The maximum absolute atomic E-state index is 11.5. The standard InChI is InChI=1S/C14H23BN2O4S/c1-12(2,3)17(11(18)19)10-16-8-9(22-10)15-20-13(4,5)14(6,7)21-15/h8H,1-7H3,(H,18,19). The van der Waals surface area contributed by atoms with E-state index in [1.807, 2.05) is 48.5 Å². The molecule has 1 saturated heterocycles. The van der Waals surface area contributed by atoms with E-state index in [1.54, 1.807) is 6.20 Å². The highest BCUT2D eigenvalue weighted by atomic mass is 32.1. The number of hydrogen-bond acceptors (Lipinski definition) is 5. The Labute approximate surface area is 135 Å². The lowest BCUT2D eigenvalue weighted by molar-refractivity contribution is 0.00578. The van der Waals surface area contributed by atoms with E-state index in [9.17, 15) is 9.90 Å². The third kappa shape index (κ3) is 3.00. The summed E-state index contributed by atoms with van der Waals surface area (Å²) < 4.78 is 12.7. The summed E-state index contributed by atoms with van der Waals surface area (Å²) in [6, 6.07) is 0. The van der Waals surface area contributed by atoms with E-state index in [1.165, 1.54) is 16.2 Å². The van der Waals surface area contributed by atoms with E-state index in [4.69, 9.17) is 9.31 Å². The number of carbonyl (C=O) groups is 1. The van der Waals surface area contributed by atoms with Gasteiger partial charge in [0.15, 0.2) is 5.13 Å². The zero-order valence-corrected chi connectivity index (χ0v) is 14.9. The van der Waals surface area contributed by atoms with E-state index >= 15 is 0 Å². The lowest BCUT2D eigenvalue weighted by Gasteiger charge is -2.32. The maximum atomic E-state index is 11.5. The van der Waals surface area contributed by atoms with Crippen LogP contribution in [0.5, 0.6) is 0 Å². The summed E-state index contributed by atoms with van der Waals surface area (Å²) in [7, 11) is -0.521. The Morgan fingerprint density at radius 1 is 1.27 bits per heavy atom. The van der Waals surface area contributed by atoms with Gasteiger partial charge in [-0.05, 0) is 48.5 Å². The molecule has 2 heterocycles. The summed E-state index contributed by atoms with van der Waals surface area (Å²) in [6.45, 7) is 13.4. The molecule has 1 amide bonds. The van der Waals surface area contributed by atoms with Gasteiger partial charge in [0.25, 0.3) is 0 Å². The molecule has 0 aromatic carbocycles. The Balaban J connectivity index is 2.28. The molecule has 0 aliphatic carbocycles. The van der Waals surface area contributed by atoms with Gasteiger partial charge in [0.05, 0.1) is 16.0 Å². The Morgan fingerprint density at radius 2 is 1.77 bits per heavy atom. The van der Waals surface area contributed by atoms with Crippen molar-refractivity contribution in [1.29, 1.82) is 0 Å². The average molecular weight is 326 g/mol. The van der Waals surface area contributed by atoms with Crippen molar-refractivity contribution in [2.45, 2.75) is 65.2 Å². The molecule has 2 rings (SSSR count). The average Bonchev–Trinajstić information content (AvgIpc) is 2.80. The van der Waals surface area contributed by atoms with Crippen molar-refractivity contribution in [1.82, 2.24) is 4.98 Å². The Hall–Kier alpha value is -1.12. The van der Waals surface area contributed by atoms with Gasteiger partial charge in [0.2, 0.25) is 0 Å². The minimum atomic E-state index is -1.03. The molecule has 6 nitrogen and oxygen atoms in total. The number of thiazole rings is 1. The van der Waals surface area contributed by atoms with Crippen molar-refractivity contribution in [2.24, 2.45) is 0 Å². The van der Waals surface area contributed by atoms with Crippen molar-refractivity contribution in [3.63, 3.8) is 0 Å². The molecule has 22 heavy (non-hydrogen) atoms. The first kappa shape index (κ1) is 17.2. The molecule has 1 aromatic heterocycles. The minimum absolute atomic E-state index is 0.421. The van der Waals surface area contributed by atoms with Gasteiger partial charge in [-0.2, -0.15) is 0 Å². The Bertz CT molecular complexity index is 564. The molecule has 1 aliphatic heterocycles. The molecular weight excluding hydrogens is 303 g/mol. The molecule has 8 heteroatoms. The highest BCUT2D eigenvalue weighted by Gasteiger charge is 2.52. The van der Waals surface area contributed by atoms with Crippen molar-refractivity contribution in [3.05, 3.63) is 6.20 Å². The summed E-state index contributed by atoms with van der Waals surface area (Å²) in [4.78, 5) is 17.0. The second-order valence-electron chi connectivity index (χ2n) is 7.42. The summed E-state index contributed by atoms with van der Waals surface area (Å²) in [5, 5.41) is 9.85. The second-order valence-corrected chi connectivity index (χ2v) is 8.46. The number of rotatable bonds is 2. The number of hydrogen-bond donors (Lipinski definition) is 1. The van der Waals surface area contributed by atoms with Gasteiger partial charge in [0, 0.05) is 11.7 Å². The molecule has 1 fully saturated rings. The van der Waals surface area contributed by atoms with Crippen LogP contribution in [0.2, 0.25) is 0 Å². The van der Waals surface area contributed by atoms with Crippen LogP contribution in [0.1, 0.15) is 48.5 Å². The number of aromatic nitrogens is 1. The van der Waals surface area contributed by atoms with Gasteiger partial charge in [0.1, 0.15) is 0 Å². The molecule has 0 spiro atoms. The molecule has 0 atom stereocenters. The van der Waals surface area contributed by atoms with Crippen molar-refractivity contribution in [3.8, 4) is 0 Å². The molecule has 1 N–H and O–H groups in total. The fourth-order valence-electron chi connectivity index (χ4n) is 2.10. The Kier molecular flexibility index (Phi) is 4.09. The predicted octanol–water partition coefficient (Wildman–Crippen LogP) is 2.73. The fraction of sp³-hybridized carbons (Fsp3) is 0.714. The number of anilines is 1. The highest BCUT2D eigenvalue weighted by Crippen LogP contribution is 2.37. The summed E-state index contributed by atoms with van der Waals surface area (Å²) in [5.41, 5.74) is -1.44. The monoisotopic (exact) mass is 326 g/mol. The van der Waals surface area contributed by atoms with Crippen LogP contribution in [-0.2, 0) is 9.31 Å². The molecular formula is C14H23BN2O4S. The first-order valence-electron chi connectivity index (χ1n) is 7.20. The molecule has 0 bridgehead atoms. The lowest BCUT2D eigenvalue weighted by Crippen LogP contribution is -2.45. The largest absolute Gasteiger partial charge is 0.507 e. The van der Waals surface area contributed by atoms with E-state index in [2.05, 4.69) is 4.98 Å². The van der Waals surface area contributed by atoms with Gasteiger partial charge in [-0.3, -0.25) is 0 Å². The maximum Gasteiger partial charge on any atom is 0.507 e. The number of carboxylic acid groups (broad SMARTS) is 1. The van der Waals surface area contributed by atoms with Crippen LogP contribution < -0.4 is 9.68 Å². The smallest absolute Gasteiger partial charge is 0.465 e.